The molecule has 4 rings (SSSR count). The van der Waals surface area contributed by atoms with E-state index in [-0.39, 0.29) is 12.0 Å². The van der Waals surface area contributed by atoms with E-state index in [1.807, 2.05) is 42.5 Å². The zero-order valence-corrected chi connectivity index (χ0v) is 15.3. The van der Waals surface area contributed by atoms with E-state index in [2.05, 4.69) is 10.3 Å². The molecule has 1 N–H and O–H groups in total. The van der Waals surface area contributed by atoms with Crippen molar-refractivity contribution in [1.82, 2.24) is 4.98 Å². The summed E-state index contributed by atoms with van der Waals surface area (Å²) in [5, 5.41) is 2.96. The molecule has 1 atom stereocenters. The standard InChI is InChI=1S/C20H20N2O3S/c1-13-21-17-11-14(8-9-18(17)25-13)22-20(23)16-6-2-3-7-19(16)26-12-15-5-4-10-24-15/h2-3,6-9,11,15H,4-5,10,12H2,1H3,(H,22,23). The average Bonchev–Trinajstić information content (AvgIpc) is 3.28. The average molecular weight is 368 g/mol. The van der Waals surface area contributed by atoms with Gasteiger partial charge in [-0.15, -0.1) is 11.8 Å². The Bertz CT molecular complexity index is 932. The minimum absolute atomic E-state index is 0.125. The molecule has 6 heteroatoms. The first-order valence-corrected chi connectivity index (χ1v) is 9.69. The van der Waals surface area contributed by atoms with Crippen LogP contribution in [-0.2, 0) is 4.74 Å². The van der Waals surface area contributed by atoms with Crippen LogP contribution in [-0.4, -0.2) is 29.4 Å². The van der Waals surface area contributed by atoms with Crippen LogP contribution in [0.25, 0.3) is 11.1 Å². The second kappa shape index (κ2) is 7.51. The quantitative estimate of drug-likeness (QED) is 0.664. The van der Waals surface area contributed by atoms with E-state index in [0.717, 1.165) is 35.6 Å². The molecule has 134 valence electrons. The van der Waals surface area contributed by atoms with Gasteiger partial charge in [0.15, 0.2) is 11.5 Å². The second-order valence-electron chi connectivity index (χ2n) is 6.31. The lowest BCUT2D eigenvalue weighted by Crippen LogP contribution is -2.14. The minimum Gasteiger partial charge on any atom is -0.441 e. The molecule has 26 heavy (non-hydrogen) atoms. The lowest BCUT2D eigenvalue weighted by Gasteiger charge is -2.12. The highest BCUT2D eigenvalue weighted by Crippen LogP contribution is 2.28. The smallest absolute Gasteiger partial charge is 0.256 e. The Balaban J connectivity index is 1.49. The molecule has 1 amide bonds. The normalized spacial score (nSPS) is 16.9. The third kappa shape index (κ3) is 3.76. The molecule has 0 radical (unpaired) electrons. The van der Waals surface area contributed by atoms with Gasteiger partial charge in [0.1, 0.15) is 5.52 Å². The molecule has 5 nitrogen and oxygen atoms in total. The fourth-order valence-electron chi connectivity index (χ4n) is 3.06. The first-order valence-electron chi connectivity index (χ1n) is 8.71. The number of aromatic nitrogens is 1. The molecular weight excluding hydrogens is 348 g/mol. The Kier molecular flexibility index (Phi) is 4.95. The van der Waals surface area contributed by atoms with Crippen LogP contribution in [0.2, 0.25) is 0 Å². The van der Waals surface area contributed by atoms with Crippen molar-refractivity contribution in [2.75, 3.05) is 17.7 Å². The van der Waals surface area contributed by atoms with Crippen LogP contribution >= 0.6 is 11.8 Å². The molecule has 1 aliphatic heterocycles. The maximum atomic E-state index is 12.8. The third-order valence-electron chi connectivity index (χ3n) is 4.33. The van der Waals surface area contributed by atoms with Crippen LogP contribution in [0.15, 0.2) is 51.8 Å². The molecule has 0 aliphatic carbocycles. The number of rotatable bonds is 5. The molecular formula is C20H20N2O3S. The molecule has 3 aromatic rings. The van der Waals surface area contributed by atoms with Crippen LogP contribution in [0.4, 0.5) is 5.69 Å². The molecule has 2 aromatic carbocycles. The van der Waals surface area contributed by atoms with Crippen molar-refractivity contribution in [3.8, 4) is 0 Å². The van der Waals surface area contributed by atoms with Crippen molar-refractivity contribution < 1.29 is 13.9 Å². The number of amides is 1. The van der Waals surface area contributed by atoms with E-state index in [0.29, 0.717) is 22.7 Å². The Morgan fingerprint density at radius 3 is 3.04 bits per heavy atom. The molecule has 0 saturated carbocycles. The molecule has 0 spiro atoms. The zero-order valence-electron chi connectivity index (χ0n) is 14.5. The summed E-state index contributed by atoms with van der Waals surface area (Å²) in [5.74, 6) is 1.36. The van der Waals surface area contributed by atoms with E-state index in [9.17, 15) is 4.79 Å². The summed E-state index contributed by atoms with van der Waals surface area (Å²) >= 11 is 1.68. The molecule has 0 bridgehead atoms. The number of fused-ring (bicyclic) bond motifs is 1. The molecule has 1 aliphatic rings. The number of nitrogens with zero attached hydrogens (tertiary/aromatic N) is 1. The monoisotopic (exact) mass is 368 g/mol. The largest absolute Gasteiger partial charge is 0.441 e. The summed E-state index contributed by atoms with van der Waals surface area (Å²) in [6.07, 6.45) is 2.50. The van der Waals surface area contributed by atoms with Crippen molar-refractivity contribution in [2.24, 2.45) is 0 Å². The molecule has 2 heterocycles. The number of oxazole rings is 1. The number of nitrogens with one attached hydrogen (secondary N) is 1. The highest BCUT2D eigenvalue weighted by molar-refractivity contribution is 7.99. The number of hydrogen-bond donors (Lipinski definition) is 1. The lowest BCUT2D eigenvalue weighted by molar-refractivity contribution is 0.102. The molecule has 1 aromatic heterocycles. The highest BCUT2D eigenvalue weighted by atomic mass is 32.2. The van der Waals surface area contributed by atoms with Crippen LogP contribution in [0.5, 0.6) is 0 Å². The minimum atomic E-state index is -0.125. The molecule has 1 fully saturated rings. The summed E-state index contributed by atoms with van der Waals surface area (Å²) in [6, 6.07) is 13.2. The van der Waals surface area contributed by atoms with Gasteiger partial charge in [-0.05, 0) is 43.2 Å². The van der Waals surface area contributed by atoms with Gasteiger partial charge in [0.05, 0.1) is 11.7 Å². The van der Waals surface area contributed by atoms with E-state index >= 15 is 0 Å². The Morgan fingerprint density at radius 2 is 2.19 bits per heavy atom. The summed E-state index contributed by atoms with van der Waals surface area (Å²) < 4.78 is 11.1. The molecule has 1 saturated heterocycles. The fraction of sp³-hybridized carbons (Fsp3) is 0.300. The van der Waals surface area contributed by atoms with Crippen molar-refractivity contribution in [3.05, 3.63) is 53.9 Å². The van der Waals surface area contributed by atoms with Crippen LogP contribution < -0.4 is 5.32 Å². The summed E-state index contributed by atoms with van der Waals surface area (Å²) in [5.41, 5.74) is 2.83. The third-order valence-corrected chi connectivity index (χ3v) is 5.54. The van der Waals surface area contributed by atoms with Gasteiger partial charge in [0, 0.05) is 29.9 Å². The fourth-order valence-corrected chi connectivity index (χ4v) is 4.18. The van der Waals surface area contributed by atoms with Gasteiger partial charge in [-0.2, -0.15) is 0 Å². The maximum Gasteiger partial charge on any atom is 0.256 e. The topological polar surface area (TPSA) is 64.4 Å². The predicted molar refractivity (Wildman–Crippen MR) is 103 cm³/mol. The van der Waals surface area contributed by atoms with Crippen molar-refractivity contribution in [2.45, 2.75) is 30.8 Å². The van der Waals surface area contributed by atoms with E-state index in [1.165, 1.54) is 0 Å². The SMILES string of the molecule is Cc1nc2cc(NC(=O)c3ccccc3SCC3CCCO3)ccc2o1. The summed E-state index contributed by atoms with van der Waals surface area (Å²) in [7, 11) is 0. The number of hydrogen-bond acceptors (Lipinski definition) is 5. The number of thioether (sulfide) groups is 1. The lowest BCUT2D eigenvalue weighted by atomic mass is 10.2. The number of carbonyl (C=O) groups is 1. The maximum absolute atomic E-state index is 12.8. The van der Waals surface area contributed by atoms with Crippen LogP contribution in [0.1, 0.15) is 29.1 Å². The number of anilines is 1. The first kappa shape index (κ1) is 17.1. The second-order valence-corrected chi connectivity index (χ2v) is 7.37. The van der Waals surface area contributed by atoms with Gasteiger partial charge < -0.3 is 14.5 Å². The number of benzene rings is 2. The van der Waals surface area contributed by atoms with Gasteiger partial charge in [-0.1, -0.05) is 12.1 Å². The van der Waals surface area contributed by atoms with Gasteiger partial charge in [0.2, 0.25) is 0 Å². The van der Waals surface area contributed by atoms with Crippen molar-refractivity contribution in [1.29, 1.82) is 0 Å². The number of ether oxygens (including phenoxy) is 1. The Labute approximate surface area is 156 Å². The Morgan fingerprint density at radius 1 is 1.31 bits per heavy atom. The number of aryl methyl sites for hydroxylation is 1. The number of carbonyl (C=O) groups excluding carboxylic acids is 1. The first-order chi connectivity index (χ1) is 12.7. The van der Waals surface area contributed by atoms with Crippen LogP contribution in [0.3, 0.4) is 0 Å². The van der Waals surface area contributed by atoms with Crippen molar-refractivity contribution >= 4 is 34.5 Å². The van der Waals surface area contributed by atoms with Gasteiger partial charge in [-0.25, -0.2) is 4.98 Å². The Hall–Kier alpha value is -2.31. The predicted octanol–water partition coefficient (Wildman–Crippen LogP) is 4.66. The highest BCUT2D eigenvalue weighted by Gasteiger charge is 2.18. The van der Waals surface area contributed by atoms with E-state index in [4.69, 9.17) is 9.15 Å². The zero-order chi connectivity index (χ0) is 17.9. The van der Waals surface area contributed by atoms with Gasteiger partial charge in [-0.3, -0.25) is 4.79 Å². The molecule has 1 unspecified atom stereocenters. The van der Waals surface area contributed by atoms with Gasteiger partial charge in [0.25, 0.3) is 5.91 Å². The van der Waals surface area contributed by atoms with Gasteiger partial charge >= 0.3 is 0 Å². The summed E-state index contributed by atoms with van der Waals surface area (Å²) in [4.78, 5) is 18.1. The summed E-state index contributed by atoms with van der Waals surface area (Å²) in [6.45, 7) is 2.65. The van der Waals surface area contributed by atoms with Crippen molar-refractivity contribution in [3.63, 3.8) is 0 Å². The van der Waals surface area contributed by atoms with Crippen LogP contribution in [0, 0.1) is 6.92 Å². The van der Waals surface area contributed by atoms with E-state index < -0.39 is 0 Å². The van der Waals surface area contributed by atoms with E-state index in [1.54, 1.807) is 18.7 Å².